The van der Waals surface area contributed by atoms with Gasteiger partial charge in [-0.1, -0.05) is 6.58 Å². The molecule has 1 aromatic carbocycles. The number of non-ortho nitro benzene ring substituents is 1. The molecule has 5 nitrogen and oxygen atoms in total. The standard InChI is InChI=1S/C12H15NO4/c1-8(9(2)14)7-12(15)10-3-5-11(6-4-10)13(16)17/h3-6,9,12,14-15H,1,7H2,2H3/t9-,12+/m1/s1. The molecular formula is C12H15NO4. The molecule has 1 aromatic rings. The third-order valence-corrected chi connectivity index (χ3v) is 2.54. The van der Waals surface area contributed by atoms with Gasteiger partial charge >= 0.3 is 0 Å². The lowest BCUT2D eigenvalue weighted by molar-refractivity contribution is -0.384. The Bertz CT molecular complexity index is 411. The molecule has 2 atom stereocenters. The van der Waals surface area contributed by atoms with Crippen LogP contribution in [-0.4, -0.2) is 21.2 Å². The van der Waals surface area contributed by atoms with Crippen molar-refractivity contribution in [2.45, 2.75) is 25.6 Å². The van der Waals surface area contributed by atoms with E-state index >= 15 is 0 Å². The number of nitro groups is 1. The summed E-state index contributed by atoms with van der Waals surface area (Å²) >= 11 is 0. The molecule has 0 aliphatic carbocycles. The summed E-state index contributed by atoms with van der Waals surface area (Å²) in [6, 6.07) is 5.67. The molecule has 5 heteroatoms. The summed E-state index contributed by atoms with van der Waals surface area (Å²) in [5, 5.41) is 29.5. The number of hydrogen-bond acceptors (Lipinski definition) is 4. The van der Waals surface area contributed by atoms with Gasteiger partial charge in [0.15, 0.2) is 0 Å². The molecule has 0 saturated heterocycles. The molecule has 0 saturated carbocycles. The smallest absolute Gasteiger partial charge is 0.269 e. The van der Waals surface area contributed by atoms with Crippen LogP contribution < -0.4 is 0 Å². The van der Waals surface area contributed by atoms with Gasteiger partial charge in [-0.05, 0) is 30.2 Å². The van der Waals surface area contributed by atoms with E-state index in [1.807, 2.05) is 0 Å². The number of rotatable bonds is 5. The zero-order valence-corrected chi connectivity index (χ0v) is 9.54. The minimum atomic E-state index is -0.807. The van der Waals surface area contributed by atoms with Crippen molar-refractivity contribution in [2.75, 3.05) is 0 Å². The highest BCUT2D eigenvalue weighted by molar-refractivity contribution is 5.34. The van der Waals surface area contributed by atoms with Crippen LogP contribution in [0.2, 0.25) is 0 Å². The second kappa shape index (κ2) is 5.56. The molecule has 17 heavy (non-hydrogen) atoms. The van der Waals surface area contributed by atoms with Crippen LogP contribution >= 0.6 is 0 Å². The lowest BCUT2D eigenvalue weighted by Gasteiger charge is -2.14. The van der Waals surface area contributed by atoms with E-state index < -0.39 is 17.1 Å². The van der Waals surface area contributed by atoms with E-state index in [4.69, 9.17) is 0 Å². The molecule has 0 aliphatic rings. The highest BCUT2D eigenvalue weighted by Gasteiger charge is 2.13. The number of aliphatic hydroxyl groups excluding tert-OH is 2. The van der Waals surface area contributed by atoms with E-state index in [9.17, 15) is 20.3 Å². The molecular weight excluding hydrogens is 222 g/mol. The Kier molecular flexibility index (Phi) is 4.37. The molecule has 0 heterocycles. The van der Waals surface area contributed by atoms with Gasteiger partial charge in [-0.3, -0.25) is 10.1 Å². The summed E-state index contributed by atoms with van der Waals surface area (Å²) in [4.78, 5) is 9.95. The van der Waals surface area contributed by atoms with Gasteiger partial charge in [0.1, 0.15) is 0 Å². The maximum absolute atomic E-state index is 10.4. The quantitative estimate of drug-likeness (QED) is 0.465. The minimum Gasteiger partial charge on any atom is -0.389 e. The van der Waals surface area contributed by atoms with Crippen LogP contribution in [0.4, 0.5) is 5.69 Å². The van der Waals surface area contributed by atoms with Crippen LogP contribution in [0.15, 0.2) is 36.4 Å². The first kappa shape index (κ1) is 13.3. The van der Waals surface area contributed by atoms with Gasteiger partial charge in [0, 0.05) is 18.6 Å². The van der Waals surface area contributed by atoms with Gasteiger partial charge in [0.25, 0.3) is 5.69 Å². The number of benzene rings is 1. The lowest BCUT2D eigenvalue weighted by Crippen LogP contribution is -2.08. The Balaban J connectivity index is 2.73. The Morgan fingerprint density at radius 1 is 1.41 bits per heavy atom. The monoisotopic (exact) mass is 237 g/mol. The number of hydrogen-bond donors (Lipinski definition) is 2. The molecule has 0 radical (unpaired) electrons. The largest absolute Gasteiger partial charge is 0.389 e. The molecule has 0 aliphatic heterocycles. The van der Waals surface area contributed by atoms with Gasteiger partial charge < -0.3 is 10.2 Å². The average Bonchev–Trinajstić information content (AvgIpc) is 2.28. The van der Waals surface area contributed by atoms with Crippen LogP contribution in [0.5, 0.6) is 0 Å². The first-order valence-corrected chi connectivity index (χ1v) is 5.20. The fourth-order valence-electron chi connectivity index (χ4n) is 1.35. The van der Waals surface area contributed by atoms with Gasteiger partial charge in [0.2, 0.25) is 0 Å². The van der Waals surface area contributed by atoms with Crippen LogP contribution in [0.3, 0.4) is 0 Å². The summed E-state index contributed by atoms with van der Waals surface area (Å²) in [6.45, 7) is 5.22. The van der Waals surface area contributed by atoms with Crippen molar-refractivity contribution in [3.05, 3.63) is 52.1 Å². The molecule has 0 spiro atoms. The summed E-state index contributed by atoms with van der Waals surface area (Å²) < 4.78 is 0. The summed E-state index contributed by atoms with van der Waals surface area (Å²) in [5.41, 5.74) is 1.07. The highest BCUT2D eigenvalue weighted by Crippen LogP contribution is 2.23. The third kappa shape index (κ3) is 3.65. The maximum atomic E-state index is 10.4. The zero-order chi connectivity index (χ0) is 13.0. The van der Waals surface area contributed by atoms with Crippen LogP contribution in [0.1, 0.15) is 25.0 Å². The lowest BCUT2D eigenvalue weighted by atomic mass is 10.00. The van der Waals surface area contributed by atoms with Gasteiger partial charge in [-0.2, -0.15) is 0 Å². The molecule has 0 aromatic heterocycles. The van der Waals surface area contributed by atoms with Gasteiger partial charge in [-0.25, -0.2) is 0 Å². The molecule has 0 unspecified atom stereocenters. The Labute approximate surface area is 99.2 Å². The van der Waals surface area contributed by atoms with E-state index in [0.717, 1.165) is 0 Å². The Hall–Kier alpha value is -1.72. The van der Waals surface area contributed by atoms with Crippen LogP contribution in [-0.2, 0) is 0 Å². The van der Waals surface area contributed by atoms with Crippen molar-refractivity contribution >= 4 is 5.69 Å². The maximum Gasteiger partial charge on any atom is 0.269 e. The summed E-state index contributed by atoms with van der Waals surface area (Å²) in [5.74, 6) is 0. The molecule has 92 valence electrons. The predicted molar refractivity (Wildman–Crippen MR) is 63.5 cm³/mol. The first-order chi connectivity index (χ1) is 7.91. The van der Waals surface area contributed by atoms with Crippen molar-refractivity contribution in [3.8, 4) is 0 Å². The van der Waals surface area contributed by atoms with Crippen molar-refractivity contribution in [2.24, 2.45) is 0 Å². The number of aliphatic hydroxyl groups is 2. The molecule has 0 bridgehead atoms. The normalized spacial score (nSPS) is 14.1. The van der Waals surface area contributed by atoms with Crippen molar-refractivity contribution in [3.63, 3.8) is 0 Å². The number of nitrogens with zero attached hydrogens (tertiary/aromatic N) is 1. The van der Waals surface area contributed by atoms with Crippen molar-refractivity contribution in [1.82, 2.24) is 0 Å². The van der Waals surface area contributed by atoms with E-state index in [2.05, 4.69) is 6.58 Å². The Morgan fingerprint density at radius 3 is 2.35 bits per heavy atom. The highest BCUT2D eigenvalue weighted by atomic mass is 16.6. The van der Waals surface area contributed by atoms with E-state index in [1.165, 1.54) is 24.3 Å². The molecule has 0 amide bonds. The zero-order valence-electron chi connectivity index (χ0n) is 9.54. The third-order valence-electron chi connectivity index (χ3n) is 2.54. The summed E-state index contributed by atoms with van der Waals surface area (Å²) in [7, 11) is 0. The number of nitro benzene ring substituents is 1. The fraction of sp³-hybridized carbons (Fsp3) is 0.333. The fourth-order valence-corrected chi connectivity index (χ4v) is 1.35. The predicted octanol–water partition coefficient (Wildman–Crippen LogP) is 1.96. The molecule has 2 N–H and O–H groups in total. The van der Waals surface area contributed by atoms with E-state index in [-0.39, 0.29) is 12.1 Å². The van der Waals surface area contributed by atoms with E-state index in [0.29, 0.717) is 11.1 Å². The van der Waals surface area contributed by atoms with Crippen LogP contribution in [0, 0.1) is 10.1 Å². The summed E-state index contributed by atoms with van der Waals surface area (Å²) in [6.07, 6.45) is -1.25. The SMILES string of the molecule is C=C(C[C@H](O)c1ccc([N+](=O)[O-])cc1)[C@@H](C)O. The molecule has 1 rings (SSSR count). The van der Waals surface area contributed by atoms with Crippen molar-refractivity contribution in [1.29, 1.82) is 0 Å². The van der Waals surface area contributed by atoms with Crippen LogP contribution in [0.25, 0.3) is 0 Å². The second-order valence-corrected chi connectivity index (χ2v) is 3.90. The molecule has 0 fully saturated rings. The average molecular weight is 237 g/mol. The Morgan fingerprint density at radius 2 is 1.94 bits per heavy atom. The van der Waals surface area contributed by atoms with Crippen molar-refractivity contribution < 1.29 is 15.1 Å². The van der Waals surface area contributed by atoms with Gasteiger partial charge in [-0.15, -0.1) is 0 Å². The van der Waals surface area contributed by atoms with E-state index in [1.54, 1.807) is 6.92 Å². The topological polar surface area (TPSA) is 83.6 Å². The first-order valence-electron chi connectivity index (χ1n) is 5.20. The second-order valence-electron chi connectivity index (χ2n) is 3.90. The minimum absolute atomic E-state index is 0.0182. The van der Waals surface area contributed by atoms with Gasteiger partial charge in [0.05, 0.1) is 17.1 Å².